The number of hydrogen-bond donors (Lipinski definition) is 1. The third-order valence-corrected chi connectivity index (χ3v) is 5.06. The van der Waals surface area contributed by atoms with Crippen molar-refractivity contribution in [2.45, 2.75) is 51.0 Å². The Morgan fingerprint density at radius 3 is 2.72 bits per heavy atom. The van der Waals surface area contributed by atoms with Crippen LogP contribution in [0.4, 0.5) is 5.69 Å². The van der Waals surface area contributed by atoms with Crippen LogP contribution in [-0.2, 0) is 9.59 Å². The molecule has 6 heteroatoms. The van der Waals surface area contributed by atoms with Gasteiger partial charge in [-0.1, -0.05) is 6.07 Å². The Hall–Kier alpha value is -2.37. The van der Waals surface area contributed by atoms with Gasteiger partial charge in [-0.15, -0.1) is 0 Å². The normalized spacial score (nSPS) is 20.8. The predicted octanol–water partition coefficient (Wildman–Crippen LogP) is 2.67. The van der Waals surface area contributed by atoms with E-state index in [2.05, 4.69) is 0 Å². The van der Waals surface area contributed by atoms with Crippen molar-refractivity contribution in [3.05, 3.63) is 29.8 Å². The number of carboxylic acid groups (broad SMARTS) is 1. The lowest BCUT2D eigenvalue weighted by Crippen LogP contribution is -2.44. The highest BCUT2D eigenvalue weighted by Crippen LogP contribution is 2.26. The Bertz CT molecular complexity index is 673. The quantitative estimate of drug-likeness (QED) is 0.891. The molecule has 0 spiro atoms. The third kappa shape index (κ3) is 4.00. The van der Waals surface area contributed by atoms with Crippen molar-refractivity contribution in [1.82, 2.24) is 4.90 Å². The molecule has 1 N–H and O–H groups in total. The lowest BCUT2D eigenvalue weighted by Gasteiger charge is -2.36. The molecular weight excluding hydrogens is 320 g/mol. The van der Waals surface area contributed by atoms with Gasteiger partial charge in [-0.2, -0.15) is 0 Å². The molecule has 2 saturated heterocycles. The van der Waals surface area contributed by atoms with E-state index >= 15 is 0 Å². The summed E-state index contributed by atoms with van der Waals surface area (Å²) in [6.45, 7) is 1.36. The second-order valence-electron chi connectivity index (χ2n) is 6.78. The number of carboxylic acids is 1. The summed E-state index contributed by atoms with van der Waals surface area (Å²) in [5.41, 5.74) is 1.34. The van der Waals surface area contributed by atoms with Gasteiger partial charge >= 0.3 is 5.97 Å². The van der Waals surface area contributed by atoms with Gasteiger partial charge in [0.15, 0.2) is 0 Å². The molecule has 2 heterocycles. The molecule has 2 aliphatic rings. The highest BCUT2D eigenvalue weighted by molar-refractivity contribution is 5.99. The lowest BCUT2D eigenvalue weighted by molar-refractivity contribution is -0.137. The van der Waals surface area contributed by atoms with Crippen molar-refractivity contribution < 1.29 is 19.5 Å². The number of carbonyl (C=O) groups excluding carboxylic acids is 2. The SMILES string of the molecule is O=C(O)CCC1CCCCN1C(=O)c1cccc(N2CCCC2=O)c1. The summed E-state index contributed by atoms with van der Waals surface area (Å²) in [5, 5.41) is 8.93. The number of hydrogen-bond acceptors (Lipinski definition) is 3. The van der Waals surface area contributed by atoms with Crippen LogP contribution in [0.3, 0.4) is 0 Å². The van der Waals surface area contributed by atoms with E-state index < -0.39 is 5.97 Å². The third-order valence-electron chi connectivity index (χ3n) is 5.06. The van der Waals surface area contributed by atoms with Gasteiger partial charge in [0, 0.05) is 43.2 Å². The highest BCUT2D eigenvalue weighted by atomic mass is 16.4. The van der Waals surface area contributed by atoms with Crippen LogP contribution in [0, 0.1) is 0 Å². The second-order valence-corrected chi connectivity index (χ2v) is 6.78. The molecule has 6 nitrogen and oxygen atoms in total. The summed E-state index contributed by atoms with van der Waals surface area (Å²) in [7, 11) is 0. The van der Waals surface area contributed by atoms with Crippen LogP contribution in [0.5, 0.6) is 0 Å². The maximum absolute atomic E-state index is 13.0. The van der Waals surface area contributed by atoms with E-state index in [-0.39, 0.29) is 24.3 Å². The van der Waals surface area contributed by atoms with Gasteiger partial charge < -0.3 is 14.9 Å². The highest BCUT2D eigenvalue weighted by Gasteiger charge is 2.29. The molecule has 25 heavy (non-hydrogen) atoms. The number of aliphatic carboxylic acids is 1. The van der Waals surface area contributed by atoms with Crippen molar-refractivity contribution in [1.29, 1.82) is 0 Å². The molecule has 2 fully saturated rings. The van der Waals surface area contributed by atoms with Gasteiger partial charge in [-0.05, 0) is 50.3 Å². The van der Waals surface area contributed by atoms with Crippen molar-refractivity contribution in [2.75, 3.05) is 18.0 Å². The maximum atomic E-state index is 13.0. The van der Waals surface area contributed by atoms with Crippen LogP contribution in [0.2, 0.25) is 0 Å². The topological polar surface area (TPSA) is 77.9 Å². The zero-order valence-corrected chi connectivity index (χ0v) is 14.3. The van der Waals surface area contributed by atoms with E-state index in [4.69, 9.17) is 5.11 Å². The van der Waals surface area contributed by atoms with Crippen LogP contribution in [-0.4, -0.2) is 46.9 Å². The Morgan fingerprint density at radius 2 is 2.00 bits per heavy atom. The summed E-state index contributed by atoms with van der Waals surface area (Å²) in [5.74, 6) is -0.794. The largest absolute Gasteiger partial charge is 0.481 e. The fourth-order valence-electron chi connectivity index (χ4n) is 3.75. The molecule has 0 bridgehead atoms. The van der Waals surface area contributed by atoms with Crippen molar-refractivity contribution in [2.24, 2.45) is 0 Å². The number of rotatable bonds is 5. The average Bonchev–Trinajstić information content (AvgIpc) is 3.05. The standard InChI is InChI=1S/C19H24N2O4/c22-17-8-4-12-20(17)16-7-3-5-14(13-16)19(25)21-11-2-1-6-15(21)9-10-18(23)24/h3,5,7,13,15H,1-2,4,6,8-12H2,(H,23,24). The smallest absolute Gasteiger partial charge is 0.303 e. The molecule has 3 rings (SSSR count). The van der Waals surface area contributed by atoms with Crippen LogP contribution >= 0.6 is 0 Å². The molecular formula is C19H24N2O4. The first-order valence-electron chi connectivity index (χ1n) is 8.99. The zero-order valence-electron chi connectivity index (χ0n) is 14.3. The first kappa shape index (κ1) is 17.5. The first-order valence-corrected chi connectivity index (χ1v) is 8.99. The Kier molecular flexibility index (Phi) is 5.36. The van der Waals surface area contributed by atoms with Gasteiger partial charge in [0.05, 0.1) is 0 Å². The average molecular weight is 344 g/mol. The molecule has 1 atom stereocenters. The number of piperidine rings is 1. The molecule has 0 aromatic heterocycles. The number of benzene rings is 1. The molecule has 2 amide bonds. The van der Waals surface area contributed by atoms with E-state index in [1.54, 1.807) is 17.0 Å². The zero-order chi connectivity index (χ0) is 17.8. The van der Waals surface area contributed by atoms with Gasteiger partial charge in [-0.25, -0.2) is 0 Å². The minimum Gasteiger partial charge on any atom is -0.481 e. The van der Waals surface area contributed by atoms with E-state index in [1.165, 1.54) is 0 Å². The maximum Gasteiger partial charge on any atom is 0.303 e. The minimum atomic E-state index is -0.826. The van der Waals surface area contributed by atoms with E-state index in [0.717, 1.165) is 31.4 Å². The predicted molar refractivity (Wildman–Crippen MR) is 93.6 cm³/mol. The van der Waals surface area contributed by atoms with Gasteiger partial charge in [0.25, 0.3) is 5.91 Å². The fourth-order valence-corrected chi connectivity index (χ4v) is 3.75. The van der Waals surface area contributed by atoms with Crippen LogP contribution in [0.15, 0.2) is 24.3 Å². The number of likely N-dealkylation sites (tertiary alicyclic amines) is 1. The fraction of sp³-hybridized carbons (Fsp3) is 0.526. The summed E-state index contributed by atoms with van der Waals surface area (Å²) < 4.78 is 0. The molecule has 1 unspecified atom stereocenters. The number of amides is 2. The van der Waals surface area contributed by atoms with Gasteiger partial charge in [0.2, 0.25) is 5.91 Å². The molecule has 0 radical (unpaired) electrons. The van der Waals surface area contributed by atoms with Crippen LogP contribution in [0.1, 0.15) is 55.3 Å². The van der Waals surface area contributed by atoms with E-state index in [1.807, 2.05) is 17.0 Å². The summed E-state index contributed by atoms with van der Waals surface area (Å²) >= 11 is 0. The summed E-state index contributed by atoms with van der Waals surface area (Å²) in [6, 6.07) is 7.21. The molecule has 134 valence electrons. The monoisotopic (exact) mass is 344 g/mol. The Labute approximate surface area is 147 Å². The molecule has 0 saturated carbocycles. The number of anilines is 1. The molecule has 0 aliphatic carbocycles. The lowest BCUT2D eigenvalue weighted by atomic mass is 9.97. The molecule has 1 aromatic carbocycles. The van der Waals surface area contributed by atoms with Gasteiger partial charge in [0.1, 0.15) is 0 Å². The van der Waals surface area contributed by atoms with Crippen LogP contribution in [0.25, 0.3) is 0 Å². The summed E-state index contributed by atoms with van der Waals surface area (Å²) in [6.07, 6.45) is 4.80. The number of carbonyl (C=O) groups is 3. The Morgan fingerprint density at radius 1 is 1.16 bits per heavy atom. The van der Waals surface area contributed by atoms with Crippen molar-refractivity contribution in [3.63, 3.8) is 0 Å². The molecule has 2 aliphatic heterocycles. The Balaban J connectivity index is 1.76. The summed E-state index contributed by atoms with van der Waals surface area (Å²) in [4.78, 5) is 39.3. The molecule has 1 aromatic rings. The first-order chi connectivity index (χ1) is 12.1. The van der Waals surface area contributed by atoms with Gasteiger partial charge in [-0.3, -0.25) is 14.4 Å². The number of nitrogens with zero attached hydrogens (tertiary/aromatic N) is 2. The van der Waals surface area contributed by atoms with Crippen molar-refractivity contribution >= 4 is 23.5 Å². The van der Waals surface area contributed by atoms with E-state index in [9.17, 15) is 14.4 Å². The van der Waals surface area contributed by atoms with Crippen LogP contribution < -0.4 is 4.90 Å². The minimum absolute atomic E-state index is 0.0191. The van der Waals surface area contributed by atoms with E-state index in [0.29, 0.717) is 31.5 Å². The van der Waals surface area contributed by atoms with Crippen molar-refractivity contribution in [3.8, 4) is 0 Å². The second kappa shape index (κ2) is 7.68.